The van der Waals surface area contributed by atoms with E-state index in [-0.39, 0.29) is 29.4 Å². The second-order valence-corrected chi connectivity index (χ2v) is 13.8. The SMILES string of the molecule is CC1CN(C(=O)CN2CCC[C@H](NS(=O)(=O)c3ccc4cc(Cl)ccc4c3)C2=O)[C@H](C)CN1C(=O)OC(C)(C)C. The fourth-order valence-corrected chi connectivity index (χ4v) is 6.57. The van der Waals surface area contributed by atoms with Crippen molar-refractivity contribution in [3.63, 3.8) is 0 Å². The van der Waals surface area contributed by atoms with E-state index >= 15 is 0 Å². The summed E-state index contributed by atoms with van der Waals surface area (Å²) in [5.74, 6) is -0.669. The van der Waals surface area contributed by atoms with Crippen molar-refractivity contribution in [2.75, 3.05) is 26.2 Å². The van der Waals surface area contributed by atoms with Crippen LogP contribution in [0.1, 0.15) is 47.5 Å². The van der Waals surface area contributed by atoms with Gasteiger partial charge in [0, 0.05) is 36.7 Å². The second-order valence-electron chi connectivity index (χ2n) is 11.6. The van der Waals surface area contributed by atoms with Gasteiger partial charge in [0.15, 0.2) is 0 Å². The molecular weight excluding hydrogens is 556 g/mol. The Morgan fingerprint density at radius 1 is 1.02 bits per heavy atom. The average Bonchev–Trinajstić information content (AvgIpc) is 2.86. The molecule has 0 saturated carbocycles. The van der Waals surface area contributed by atoms with Crippen LogP contribution in [0.15, 0.2) is 41.3 Å². The molecule has 0 aliphatic carbocycles. The number of nitrogens with zero attached hydrogens (tertiary/aromatic N) is 3. The van der Waals surface area contributed by atoms with Gasteiger partial charge in [-0.1, -0.05) is 23.7 Å². The highest BCUT2D eigenvalue weighted by atomic mass is 35.5. The lowest BCUT2D eigenvalue weighted by Crippen LogP contribution is -2.62. The van der Waals surface area contributed by atoms with Gasteiger partial charge >= 0.3 is 6.09 Å². The maximum Gasteiger partial charge on any atom is 0.410 e. The largest absolute Gasteiger partial charge is 0.444 e. The zero-order chi connectivity index (χ0) is 29.4. The number of piperidine rings is 1. The summed E-state index contributed by atoms with van der Waals surface area (Å²) in [6.07, 6.45) is 0.477. The molecule has 1 unspecified atom stereocenters. The van der Waals surface area contributed by atoms with Crippen molar-refractivity contribution >= 4 is 50.3 Å². The van der Waals surface area contributed by atoms with Gasteiger partial charge in [0.25, 0.3) is 0 Å². The first-order valence-corrected chi connectivity index (χ1v) is 15.3. The molecule has 2 aromatic rings. The molecule has 2 saturated heterocycles. The van der Waals surface area contributed by atoms with Crippen LogP contribution in [0.2, 0.25) is 5.02 Å². The first-order chi connectivity index (χ1) is 18.6. The molecule has 0 bridgehead atoms. The number of fused-ring (bicyclic) bond motifs is 1. The number of likely N-dealkylation sites (tertiary alicyclic amines) is 1. The monoisotopic (exact) mass is 592 g/mol. The number of sulfonamides is 1. The Kier molecular flexibility index (Phi) is 8.68. The Morgan fingerprint density at radius 3 is 2.35 bits per heavy atom. The molecule has 2 aliphatic rings. The van der Waals surface area contributed by atoms with Gasteiger partial charge in [-0.2, -0.15) is 4.72 Å². The number of rotatable bonds is 5. The Bertz CT molecular complexity index is 1410. The number of carbonyl (C=O) groups is 3. The zero-order valence-electron chi connectivity index (χ0n) is 23.5. The summed E-state index contributed by atoms with van der Waals surface area (Å²) in [5.41, 5.74) is -0.623. The zero-order valence-corrected chi connectivity index (χ0v) is 25.1. The number of ether oxygens (including phenoxy) is 1. The Labute approximate surface area is 240 Å². The van der Waals surface area contributed by atoms with Crippen molar-refractivity contribution < 1.29 is 27.5 Å². The third-order valence-corrected chi connectivity index (χ3v) is 8.88. The van der Waals surface area contributed by atoms with Gasteiger partial charge in [-0.25, -0.2) is 13.2 Å². The molecule has 218 valence electrons. The summed E-state index contributed by atoms with van der Waals surface area (Å²) in [5, 5.41) is 2.07. The number of carbonyl (C=O) groups excluding carboxylic acids is 3. The Hall–Kier alpha value is -2.89. The van der Waals surface area contributed by atoms with Crippen LogP contribution in [0.5, 0.6) is 0 Å². The summed E-state index contributed by atoms with van der Waals surface area (Å²) >= 11 is 6.03. The van der Waals surface area contributed by atoms with E-state index in [9.17, 15) is 22.8 Å². The fraction of sp³-hybridized carbons (Fsp3) is 0.536. The molecule has 0 spiro atoms. The lowest BCUT2D eigenvalue weighted by atomic mass is 10.1. The normalized spacial score (nSPS) is 22.5. The van der Waals surface area contributed by atoms with Crippen molar-refractivity contribution in [3.8, 4) is 0 Å². The summed E-state index contributed by atoms with van der Waals surface area (Å²) in [6.45, 7) is 9.96. The van der Waals surface area contributed by atoms with E-state index in [0.717, 1.165) is 5.39 Å². The number of piperazine rings is 1. The highest BCUT2D eigenvalue weighted by molar-refractivity contribution is 7.89. The molecule has 1 N–H and O–H groups in total. The number of amides is 3. The molecule has 3 atom stereocenters. The van der Waals surface area contributed by atoms with E-state index in [1.54, 1.807) is 60.9 Å². The lowest BCUT2D eigenvalue weighted by Gasteiger charge is -2.44. The maximum absolute atomic E-state index is 13.3. The number of nitrogens with one attached hydrogen (secondary N) is 1. The van der Waals surface area contributed by atoms with E-state index in [0.29, 0.717) is 42.9 Å². The molecule has 0 aromatic heterocycles. The van der Waals surface area contributed by atoms with E-state index in [2.05, 4.69) is 4.72 Å². The third-order valence-electron chi connectivity index (χ3n) is 7.17. The number of hydrogen-bond donors (Lipinski definition) is 1. The molecule has 0 radical (unpaired) electrons. The van der Waals surface area contributed by atoms with Gasteiger partial charge in [0.1, 0.15) is 11.6 Å². The van der Waals surface area contributed by atoms with Gasteiger partial charge in [-0.3, -0.25) is 9.59 Å². The van der Waals surface area contributed by atoms with Crippen LogP contribution in [0.4, 0.5) is 4.79 Å². The van der Waals surface area contributed by atoms with Gasteiger partial charge in [0.2, 0.25) is 21.8 Å². The van der Waals surface area contributed by atoms with Gasteiger partial charge in [-0.15, -0.1) is 0 Å². The van der Waals surface area contributed by atoms with E-state index in [1.165, 1.54) is 11.0 Å². The minimum atomic E-state index is -3.99. The third kappa shape index (κ3) is 6.87. The van der Waals surface area contributed by atoms with E-state index in [1.807, 2.05) is 13.8 Å². The first kappa shape index (κ1) is 30.1. The topological polar surface area (TPSA) is 116 Å². The molecular formula is C28H37ClN4O6S. The summed E-state index contributed by atoms with van der Waals surface area (Å²) in [7, 11) is -3.99. The van der Waals surface area contributed by atoms with Crippen LogP contribution in [-0.2, 0) is 24.3 Å². The quantitative estimate of drug-likeness (QED) is 0.567. The highest BCUT2D eigenvalue weighted by Crippen LogP contribution is 2.24. The molecule has 2 aromatic carbocycles. The number of hydrogen-bond acceptors (Lipinski definition) is 6. The first-order valence-electron chi connectivity index (χ1n) is 13.4. The minimum Gasteiger partial charge on any atom is -0.444 e. The Balaban J connectivity index is 1.39. The molecule has 10 nitrogen and oxygen atoms in total. The predicted octanol–water partition coefficient (Wildman–Crippen LogP) is 3.62. The molecule has 3 amide bonds. The number of halogens is 1. The molecule has 12 heteroatoms. The van der Waals surface area contributed by atoms with Crippen LogP contribution in [0.25, 0.3) is 10.8 Å². The lowest BCUT2D eigenvalue weighted by molar-refractivity contribution is -0.146. The molecule has 4 rings (SSSR count). The van der Waals surface area contributed by atoms with Gasteiger partial charge in [0.05, 0.1) is 11.4 Å². The van der Waals surface area contributed by atoms with Crippen molar-refractivity contribution in [2.24, 2.45) is 0 Å². The van der Waals surface area contributed by atoms with Crippen LogP contribution in [0, 0.1) is 0 Å². The van der Waals surface area contributed by atoms with Crippen molar-refractivity contribution in [1.82, 2.24) is 19.4 Å². The van der Waals surface area contributed by atoms with Crippen molar-refractivity contribution in [3.05, 3.63) is 41.4 Å². The second kappa shape index (κ2) is 11.5. The molecule has 2 heterocycles. The molecule has 2 aliphatic heterocycles. The summed E-state index contributed by atoms with van der Waals surface area (Å²) in [4.78, 5) is 43.9. The Morgan fingerprint density at radius 2 is 1.65 bits per heavy atom. The number of benzene rings is 2. The van der Waals surface area contributed by atoms with Crippen LogP contribution in [-0.4, -0.2) is 90.9 Å². The smallest absolute Gasteiger partial charge is 0.410 e. The fourth-order valence-electron chi connectivity index (χ4n) is 5.13. The molecule has 40 heavy (non-hydrogen) atoms. The predicted molar refractivity (Wildman–Crippen MR) is 152 cm³/mol. The van der Waals surface area contributed by atoms with Crippen LogP contribution >= 0.6 is 11.6 Å². The molecule has 2 fully saturated rings. The summed E-state index contributed by atoms with van der Waals surface area (Å²) < 4.78 is 34.4. The van der Waals surface area contributed by atoms with Gasteiger partial charge in [-0.05, 0) is 82.5 Å². The van der Waals surface area contributed by atoms with Gasteiger partial charge < -0.3 is 19.4 Å². The summed E-state index contributed by atoms with van der Waals surface area (Å²) in [6, 6.07) is 8.38. The van der Waals surface area contributed by atoms with E-state index < -0.39 is 33.7 Å². The van der Waals surface area contributed by atoms with Crippen LogP contribution < -0.4 is 4.72 Å². The minimum absolute atomic E-state index is 0.0500. The maximum atomic E-state index is 13.3. The standard InChI is InChI=1S/C28H37ClN4O6S/c1-18-16-33(27(36)39-28(3,4)5)19(2)15-32(18)25(34)17-31-12-6-7-24(26(31)35)30-40(37,38)23-11-9-20-13-22(29)10-8-21(20)14-23/h8-11,13-14,18-19,24,30H,6-7,12,15-17H2,1-5H3/t18-,19?,24+/m1/s1. The average molecular weight is 593 g/mol. The van der Waals surface area contributed by atoms with Crippen LogP contribution in [0.3, 0.4) is 0 Å². The van der Waals surface area contributed by atoms with E-state index in [4.69, 9.17) is 16.3 Å². The van der Waals surface area contributed by atoms with Crippen molar-refractivity contribution in [2.45, 2.75) is 76.1 Å². The highest BCUT2D eigenvalue weighted by Gasteiger charge is 2.39. The van der Waals surface area contributed by atoms with Crippen molar-refractivity contribution in [1.29, 1.82) is 0 Å².